The molecule has 1 unspecified atom stereocenters. The van der Waals surface area contributed by atoms with Crippen LogP contribution >= 0.6 is 0 Å². The molecular weight excluding hydrogens is 306 g/mol. The molecule has 0 saturated heterocycles. The number of aliphatic hydroxyl groups is 6. The van der Waals surface area contributed by atoms with Crippen molar-refractivity contribution in [2.24, 2.45) is 0 Å². The quantitative estimate of drug-likeness (QED) is 0.110. The average molecular weight is 325 g/mol. The summed E-state index contributed by atoms with van der Waals surface area (Å²) < 4.78 is 4.66. The van der Waals surface area contributed by atoms with Crippen LogP contribution in [0.5, 0.6) is 0 Å². The fourth-order valence-corrected chi connectivity index (χ4v) is 1.18. The molecule has 0 heterocycles. The van der Waals surface area contributed by atoms with Crippen molar-refractivity contribution in [2.45, 2.75) is 30.6 Å². The van der Waals surface area contributed by atoms with Gasteiger partial charge in [-0.2, -0.15) is 0 Å². The summed E-state index contributed by atoms with van der Waals surface area (Å²) >= 11 is 0. The Bertz CT molecular complexity index is 400. The number of carboxylic acids is 1. The zero-order valence-corrected chi connectivity index (χ0v) is 11.4. The predicted molar refractivity (Wildman–Crippen MR) is 68.0 cm³/mol. The predicted octanol–water partition coefficient (Wildman–Crippen LogP) is -4.53. The third kappa shape index (κ3) is 6.34. The second-order valence-electron chi connectivity index (χ2n) is 4.25. The number of amides is 1. The largest absolute Gasteiger partial charge is 0.486 e. The Hall–Kier alpha value is -1.76. The summed E-state index contributed by atoms with van der Waals surface area (Å²) in [5.74, 6) is -3.55. The second kappa shape index (κ2) is 9.30. The maximum atomic E-state index is 11.3. The molecule has 0 bridgehead atoms. The molecule has 22 heavy (non-hydrogen) atoms. The molecule has 0 aromatic carbocycles. The summed E-state index contributed by atoms with van der Waals surface area (Å²) in [6.07, 6.45) is -9.36. The maximum Gasteiger partial charge on any atom is 0.353 e. The molecule has 0 rings (SSSR count). The Labute approximate surface area is 124 Å². The lowest BCUT2D eigenvalue weighted by Crippen LogP contribution is -2.47. The van der Waals surface area contributed by atoms with Crippen LogP contribution in [0, 0.1) is 0 Å². The van der Waals surface area contributed by atoms with E-state index in [0.29, 0.717) is 0 Å². The smallest absolute Gasteiger partial charge is 0.353 e. The van der Waals surface area contributed by atoms with Gasteiger partial charge in [0.05, 0.1) is 6.61 Å². The van der Waals surface area contributed by atoms with Crippen LogP contribution in [-0.4, -0.2) is 91.5 Å². The standard InChI is InChI=1S/C11H19NO10/c1-4(9(18)12-10(19)11(20)21)22-3-6(15)8(17)7(16)5(14)2-13/h5-8,10,13-17,19H,1-3H2,(H,12,18)(H,20,21)/t5-,6+,7-,8-,10?/m1/s1. The van der Waals surface area contributed by atoms with Crippen molar-refractivity contribution >= 4 is 11.9 Å². The van der Waals surface area contributed by atoms with E-state index in [4.69, 9.17) is 20.4 Å². The van der Waals surface area contributed by atoms with Crippen LogP contribution in [-0.2, 0) is 14.3 Å². The molecule has 11 nitrogen and oxygen atoms in total. The van der Waals surface area contributed by atoms with Crippen LogP contribution < -0.4 is 5.32 Å². The second-order valence-corrected chi connectivity index (χ2v) is 4.25. The molecule has 0 spiro atoms. The Morgan fingerprint density at radius 3 is 2.00 bits per heavy atom. The van der Waals surface area contributed by atoms with Gasteiger partial charge < -0.3 is 45.8 Å². The van der Waals surface area contributed by atoms with Crippen LogP contribution in [0.15, 0.2) is 12.3 Å². The molecule has 8 N–H and O–H groups in total. The number of nitrogens with one attached hydrogen (secondary N) is 1. The van der Waals surface area contributed by atoms with Crippen LogP contribution in [0.3, 0.4) is 0 Å². The summed E-state index contributed by atoms with van der Waals surface area (Å²) in [7, 11) is 0. The molecule has 0 aromatic heterocycles. The maximum absolute atomic E-state index is 11.3. The van der Waals surface area contributed by atoms with Crippen molar-refractivity contribution in [1.29, 1.82) is 0 Å². The van der Waals surface area contributed by atoms with Gasteiger partial charge in [0.1, 0.15) is 31.0 Å². The Kier molecular flexibility index (Phi) is 8.55. The highest BCUT2D eigenvalue weighted by Gasteiger charge is 2.30. The minimum Gasteiger partial charge on any atom is -0.486 e. The highest BCUT2D eigenvalue weighted by Crippen LogP contribution is 2.07. The van der Waals surface area contributed by atoms with E-state index < -0.39 is 61.5 Å². The molecule has 0 saturated carbocycles. The normalized spacial score (nSPS) is 17.7. The third-order valence-electron chi connectivity index (χ3n) is 2.51. The van der Waals surface area contributed by atoms with Crippen molar-refractivity contribution in [3.63, 3.8) is 0 Å². The van der Waals surface area contributed by atoms with Gasteiger partial charge in [-0.3, -0.25) is 4.79 Å². The van der Waals surface area contributed by atoms with Crippen molar-refractivity contribution in [2.75, 3.05) is 13.2 Å². The number of aliphatic hydroxyl groups excluding tert-OH is 6. The van der Waals surface area contributed by atoms with Gasteiger partial charge in [-0.05, 0) is 0 Å². The molecule has 1 amide bonds. The van der Waals surface area contributed by atoms with Gasteiger partial charge in [0.25, 0.3) is 5.91 Å². The number of ether oxygens (including phenoxy) is 1. The number of carbonyl (C=O) groups is 2. The molecular formula is C11H19NO10. The van der Waals surface area contributed by atoms with Crippen molar-refractivity contribution in [1.82, 2.24) is 5.32 Å². The summed E-state index contributed by atoms with van der Waals surface area (Å²) in [6, 6.07) is 0. The van der Waals surface area contributed by atoms with Crippen LogP contribution in [0.4, 0.5) is 0 Å². The molecule has 5 atom stereocenters. The van der Waals surface area contributed by atoms with Crippen LogP contribution in [0.1, 0.15) is 0 Å². The van der Waals surface area contributed by atoms with Gasteiger partial charge in [-0.15, -0.1) is 0 Å². The minimum absolute atomic E-state index is 0.663. The summed E-state index contributed by atoms with van der Waals surface area (Å²) in [5, 5.41) is 64.8. The Morgan fingerprint density at radius 2 is 1.55 bits per heavy atom. The van der Waals surface area contributed by atoms with E-state index in [9.17, 15) is 24.9 Å². The Balaban J connectivity index is 4.34. The number of hydrogen-bond donors (Lipinski definition) is 8. The molecule has 0 aliphatic heterocycles. The molecule has 128 valence electrons. The van der Waals surface area contributed by atoms with E-state index in [1.54, 1.807) is 5.32 Å². The Morgan fingerprint density at radius 1 is 1.05 bits per heavy atom. The topological polar surface area (TPSA) is 197 Å². The van der Waals surface area contributed by atoms with E-state index in [-0.39, 0.29) is 0 Å². The fourth-order valence-electron chi connectivity index (χ4n) is 1.18. The van der Waals surface area contributed by atoms with E-state index in [1.165, 1.54) is 0 Å². The fraction of sp³-hybridized carbons (Fsp3) is 0.636. The zero-order valence-electron chi connectivity index (χ0n) is 11.4. The number of carbonyl (C=O) groups excluding carboxylic acids is 1. The third-order valence-corrected chi connectivity index (χ3v) is 2.51. The highest BCUT2D eigenvalue weighted by atomic mass is 16.5. The van der Waals surface area contributed by atoms with Crippen LogP contribution in [0.25, 0.3) is 0 Å². The first-order valence-corrected chi connectivity index (χ1v) is 5.98. The van der Waals surface area contributed by atoms with Gasteiger partial charge in [0.15, 0.2) is 5.76 Å². The van der Waals surface area contributed by atoms with Gasteiger partial charge in [0, 0.05) is 0 Å². The number of aliphatic carboxylic acids is 1. The van der Waals surface area contributed by atoms with Crippen LogP contribution in [0.2, 0.25) is 0 Å². The lowest BCUT2D eigenvalue weighted by Gasteiger charge is -2.25. The lowest BCUT2D eigenvalue weighted by atomic mass is 10.0. The first-order chi connectivity index (χ1) is 10.1. The number of hydrogen-bond acceptors (Lipinski definition) is 9. The van der Waals surface area contributed by atoms with Gasteiger partial charge in [0.2, 0.25) is 6.23 Å². The van der Waals surface area contributed by atoms with Crippen molar-refractivity contribution in [3.05, 3.63) is 12.3 Å². The molecule has 0 fully saturated rings. The van der Waals surface area contributed by atoms with E-state index >= 15 is 0 Å². The molecule has 0 radical (unpaired) electrons. The first-order valence-electron chi connectivity index (χ1n) is 5.98. The number of carboxylic acid groups (broad SMARTS) is 1. The zero-order chi connectivity index (χ0) is 17.4. The summed E-state index contributed by atoms with van der Waals surface area (Å²) in [6.45, 7) is 1.53. The lowest BCUT2D eigenvalue weighted by molar-refractivity contribution is -0.151. The van der Waals surface area contributed by atoms with Crippen molar-refractivity contribution in [3.8, 4) is 0 Å². The highest BCUT2D eigenvalue weighted by molar-refractivity contribution is 5.93. The minimum atomic E-state index is -2.18. The van der Waals surface area contributed by atoms with Gasteiger partial charge >= 0.3 is 5.97 Å². The van der Waals surface area contributed by atoms with Crippen molar-refractivity contribution < 1.29 is 50.1 Å². The average Bonchev–Trinajstić information content (AvgIpc) is 2.49. The molecule has 0 aliphatic rings. The monoisotopic (exact) mass is 325 g/mol. The molecule has 0 aromatic rings. The summed E-state index contributed by atoms with van der Waals surface area (Å²) in [5.41, 5.74) is 0. The van der Waals surface area contributed by atoms with E-state index in [0.717, 1.165) is 0 Å². The molecule has 11 heteroatoms. The first kappa shape index (κ1) is 20.2. The van der Waals surface area contributed by atoms with E-state index in [1.807, 2.05) is 0 Å². The number of rotatable bonds is 10. The van der Waals surface area contributed by atoms with Gasteiger partial charge in [-0.25, -0.2) is 4.79 Å². The SMILES string of the molecule is C=C(OC[C@H](O)[C@@H](O)[C@H](O)[C@H](O)CO)C(=O)NC(O)C(=O)O. The van der Waals surface area contributed by atoms with E-state index in [2.05, 4.69) is 11.3 Å². The van der Waals surface area contributed by atoms with Gasteiger partial charge in [-0.1, -0.05) is 6.58 Å². The summed E-state index contributed by atoms with van der Waals surface area (Å²) in [4.78, 5) is 21.6. The molecule has 0 aliphatic carbocycles.